The second-order valence-corrected chi connectivity index (χ2v) is 5.80. The summed E-state index contributed by atoms with van der Waals surface area (Å²) >= 11 is 12.2. The Morgan fingerprint density at radius 3 is 3.00 bits per heavy atom. The Balaban J connectivity index is 1.88. The maximum absolute atomic E-state index is 9.12. The van der Waals surface area contributed by atoms with Gasteiger partial charge in [0.2, 0.25) is 0 Å². The van der Waals surface area contributed by atoms with E-state index in [9.17, 15) is 0 Å². The molecule has 0 spiro atoms. The molecule has 2 rings (SSSR count). The quantitative estimate of drug-likeness (QED) is 0.872. The number of nitrogens with zero attached hydrogens (tertiary/aromatic N) is 1. The Kier molecular flexibility index (Phi) is 6.08. The van der Waals surface area contributed by atoms with Crippen LogP contribution in [0.15, 0.2) is 18.2 Å². The molecule has 1 aliphatic heterocycles. The predicted molar refractivity (Wildman–Crippen MR) is 81.3 cm³/mol. The topological polar surface area (TPSA) is 58.7 Å². The summed E-state index contributed by atoms with van der Waals surface area (Å²) in [5.74, 6) is 0. The van der Waals surface area contributed by atoms with Crippen molar-refractivity contribution < 1.29 is 9.84 Å². The minimum Gasteiger partial charge on any atom is -0.394 e. The molecule has 0 saturated carbocycles. The van der Waals surface area contributed by atoms with Crippen LogP contribution >= 0.6 is 23.2 Å². The van der Waals surface area contributed by atoms with Gasteiger partial charge in [0.05, 0.1) is 29.4 Å². The van der Waals surface area contributed by atoms with Crippen molar-refractivity contribution in [2.45, 2.75) is 18.6 Å². The molecule has 1 aromatic carbocycles. The highest BCUT2D eigenvalue weighted by Gasteiger charge is 2.20. The molecule has 1 aromatic rings. The number of aliphatic hydroxyl groups is 1. The normalized spacial score (nSPS) is 21.9. The van der Waals surface area contributed by atoms with Crippen molar-refractivity contribution in [2.75, 3.05) is 32.8 Å². The Labute approximate surface area is 129 Å². The Morgan fingerprint density at radius 1 is 1.45 bits per heavy atom. The fourth-order valence-corrected chi connectivity index (χ4v) is 2.83. The minimum absolute atomic E-state index is 0.0582. The molecule has 3 N–H and O–H groups in total. The highest BCUT2D eigenvalue weighted by molar-refractivity contribution is 6.42. The third kappa shape index (κ3) is 4.07. The van der Waals surface area contributed by atoms with E-state index in [0.717, 1.165) is 31.6 Å². The molecule has 1 aliphatic rings. The number of halogens is 2. The number of benzene rings is 1. The third-order valence-corrected chi connectivity index (χ3v) is 4.40. The smallest absolute Gasteiger partial charge is 0.0932 e. The monoisotopic (exact) mass is 318 g/mol. The van der Waals surface area contributed by atoms with Crippen LogP contribution < -0.4 is 5.73 Å². The predicted octanol–water partition coefficient (Wildman–Crippen LogP) is 2.08. The standard InChI is InChI=1S/C14H20Cl2N2O2/c15-12-3-1-2-11(14(12)16)13(17)4-5-18-6-7-20-10(8-18)9-19/h1-3,10,13,19H,4-9,17H2. The van der Waals surface area contributed by atoms with E-state index in [1.807, 2.05) is 12.1 Å². The van der Waals surface area contributed by atoms with Crippen molar-refractivity contribution in [1.29, 1.82) is 0 Å². The van der Waals surface area contributed by atoms with Crippen molar-refractivity contribution in [2.24, 2.45) is 5.73 Å². The average molecular weight is 319 g/mol. The van der Waals surface area contributed by atoms with E-state index < -0.39 is 0 Å². The molecular weight excluding hydrogens is 299 g/mol. The van der Waals surface area contributed by atoms with Crippen LogP contribution in [0.3, 0.4) is 0 Å². The molecule has 112 valence electrons. The van der Waals surface area contributed by atoms with Gasteiger partial charge in [-0.05, 0) is 18.1 Å². The van der Waals surface area contributed by atoms with Crippen molar-refractivity contribution in [3.05, 3.63) is 33.8 Å². The zero-order valence-electron chi connectivity index (χ0n) is 11.3. The highest BCUT2D eigenvalue weighted by Crippen LogP contribution is 2.30. The second-order valence-electron chi connectivity index (χ2n) is 5.01. The van der Waals surface area contributed by atoms with E-state index in [2.05, 4.69) is 4.90 Å². The number of nitrogens with two attached hydrogens (primary N) is 1. The first-order chi connectivity index (χ1) is 9.61. The summed E-state index contributed by atoms with van der Waals surface area (Å²) in [6, 6.07) is 5.39. The lowest BCUT2D eigenvalue weighted by Gasteiger charge is -2.32. The van der Waals surface area contributed by atoms with Crippen molar-refractivity contribution >= 4 is 23.2 Å². The van der Waals surface area contributed by atoms with Crippen molar-refractivity contribution in [3.8, 4) is 0 Å². The van der Waals surface area contributed by atoms with E-state index in [1.165, 1.54) is 0 Å². The van der Waals surface area contributed by atoms with Crippen LogP contribution in [0.2, 0.25) is 10.0 Å². The second kappa shape index (κ2) is 7.59. The van der Waals surface area contributed by atoms with E-state index in [0.29, 0.717) is 16.7 Å². The molecule has 0 radical (unpaired) electrons. The zero-order chi connectivity index (χ0) is 14.5. The van der Waals surface area contributed by atoms with Crippen molar-refractivity contribution in [3.63, 3.8) is 0 Å². The first-order valence-electron chi connectivity index (χ1n) is 6.76. The zero-order valence-corrected chi connectivity index (χ0v) is 12.8. The van der Waals surface area contributed by atoms with Crippen LogP contribution in [-0.2, 0) is 4.74 Å². The first kappa shape index (κ1) is 16.0. The highest BCUT2D eigenvalue weighted by atomic mass is 35.5. The lowest BCUT2D eigenvalue weighted by Crippen LogP contribution is -2.44. The Morgan fingerprint density at radius 2 is 2.25 bits per heavy atom. The van der Waals surface area contributed by atoms with E-state index in [-0.39, 0.29) is 18.8 Å². The lowest BCUT2D eigenvalue weighted by atomic mass is 10.0. The van der Waals surface area contributed by atoms with E-state index >= 15 is 0 Å². The van der Waals surface area contributed by atoms with Crippen LogP contribution in [0, 0.1) is 0 Å². The number of hydrogen-bond donors (Lipinski definition) is 2. The van der Waals surface area contributed by atoms with Gasteiger partial charge in [-0.3, -0.25) is 4.90 Å². The average Bonchev–Trinajstić information content (AvgIpc) is 2.48. The molecule has 20 heavy (non-hydrogen) atoms. The molecule has 6 heteroatoms. The van der Waals surface area contributed by atoms with Gasteiger partial charge in [-0.15, -0.1) is 0 Å². The van der Waals surface area contributed by atoms with Gasteiger partial charge in [0.25, 0.3) is 0 Å². The van der Waals surface area contributed by atoms with E-state index in [4.69, 9.17) is 38.8 Å². The van der Waals surface area contributed by atoms with E-state index in [1.54, 1.807) is 6.07 Å². The summed E-state index contributed by atoms with van der Waals surface area (Å²) in [4.78, 5) is 2.25. The summed E-state index contributed by atoms with van der Waals surface area (Å²) in [5, 5.41) is 10.2. The van der Waals surface area contributed by atoms with Crippen molar-refractivity contribution in [1.82, 2.24) is 4.90 Å². The van der Waals surface area contributed by atoms with Gasteiger partial charge in [0.1, 0.15) is 0 Å². The first-order valence-corrected chi connectivity index (χ1v) is 7.51. The molecule has 2 unspecified atom stereocenters. The number of ether oxygens (including phenoxy) is 1. The molecule has 2 atom stereocenters. The van der Waals surface area contributed by atoms with Crippen LogP contribution in [-0.4, -0.2) is 49.0 Å². The number of morpholine rings is 1. The lowest BCUT2D eigenvalue weighted by molar-refractivity contribution is -0.0531. The summed E-state index contributed by atoms with van der Waals surface area (Å²) in [6.07, 6.45) is 0.702. The molecule has 0 aromatic heterocycles. The Bertz CT molecular complexity index is 445. The number of hydrogen-bond acceptors (Lipinski definition) is 4. The van der Waals surface area contributed by atoms with Crippen LogP contribution in [0.25, 0.3) is 0 Å². The minimum atomic E-state index is -0.142. The summed E-state index contributed by atoms with van der Waals surface area (Å²) in [7, 11) is 0. The van der Waals surface area contributed by atoms with Gasteiger partial charge >= 0.3 is 0 Å². The number of rotatable bonds is 5. The molecule has 1 fully saturated rings. The maximum atomic E-state index is 9.12. The van der Waals surface area contributed by atoms with Gasteiger partial charge in [-0.25, -0.2) is 0 Å². The maximum Gasteiger partial charge on any atom is 0.0932 e. The van der Waals surface area contributed by atoms with Gasteiger partial charge in [0, 0.05) is 25.7 Å². The number of aliphatic hydroxyl groups excluding tert-OH is 1. The van der Waals surface area contributed by atoms with Gasteiger partial charge in [0.15, 0.2) is 0 Å². The molecule has 0 amide bonds. The van der Waals surface area contributed by atoms with Gasteiger partial charge in [-0.2, -0.15) is 0 Å². The summed E-state index contributed by atoms with van der Waals surface area (Å²) in [6.45, 7) is 3.17. The molecular formula is C14H20Cl2N2O2. The van der Waals surface area contributed by atoms with Crippen LogP contribution in [0.5, 0.6) is 0 Å². The fraction of sp³-hybridized carbons (Fsp3) is 0.571. The largest absolute Gasteiger partial charge is 0.394 e. The molecule has 0 aliphatic carbocycles. The molecule has 4 nitrogen and oxygen atoms in total. The van der Waals surface area contributed by atoms with Crippen LogP contribution in [0.1, 0.15) is 18.0 Å². The fourth-order valence-electron chi connectivity index (χ4n) is 2.38. The molecule has 0 bridgehead atoms. The SMILES string of the molecule is NC(CCN1CCOC(CO)C1)c1cccc(Cl)c1Cl. The summed E-state index contributed by atoms with van der Waals surface area (Å²) in [5.41, 5.74) is 7.08. The van der Waals surface area contributed by atoms with Gasteiger partial charge in [-0.1, -0.05) is 35.3 Å². The third-order valence-electron chi connectivity index (χ3n) is 3.56. The molecule has 1 heterocycles. The summed E-state index contributed by atoms with van der Waals surface area (Å²) < 4.78 is 5.42. The Hall–Kier alpha value is -0.360. The van der Waals surface area contributed by atoms with Gasteiger partial charge < -0.3 is 15.6 Å². The van der Waals surface area contributed by atoms with Crippen LogP contribution in [0.4, 0.5) is 0 Å². The molecule has 1 saturated heterocycles.